The summed E-state index contributed by atoms with van der Waals surface area (Å²) in [4.78, 5) is 10.1. The second kappa shape index (κ2) is 5.46. The topological polar surface area (TPSA) is 37.3 Å². The Hall–Kier alpha value is -0.180. The predicted octanol–water partition coefficient (Wildman–Crippen LogP) is 2.63. The molecule has 0 radical (unpaired) electrons. The van der Waals surface area contributed by atoms with E-state index >= 15 is 0 Å². The van der Waals surface area contributed by atoms with Crippen LogP contribution < -0.4 is 0 Å². The molecular weight excluding hydrogens is 172 g/mol. The van der Waals surface area contributed by atoms with Gasteiger partial charge in [-0.05, 0) is 17.6 Å². The lowest BCUT2D eigenvalue weighted by Gasteiger charge is -2.16. The third kappa shape index (κ3) is 9.82. The minimum absolute atomic E-state index is 0.287. The third-order valence-corrected chi connectivity index (χ3v) is 2.44. The quantitative estimate of drug-likeness (QED) is 0.677. The average molecular weight is 190 g/mol. The van der Waals surface area contributed by atoms with Gasteiger partial charge in [-0.2, -0.15) is 11.8 Å². The van der Waals surface area contributed by atoms with Crippen LogP contribution in [0.3, 0.4) is 0 Å². The van der Waals surface area contributed by atoms with Crippen LogP contribution >= 0.6 is 11.8 Å². The maximum absolute atomic E-state index is 10.1. The average Bonchev–Trinajstić information content (AvgIpc) is 1.83. The van der Waals surface area contributed by atoms with Gasteiger partial charge in [0, 0.05) is 5.75 Å². The number of carboxylic acids is 1. The van der Waals surface area contributed by atoms with Gasteiger partial charge in [0.05, 0.1) is 6.42 Å². The van der Waals surface area contributed by atoms with Gasteiger partial charge in [-0.1, -0.05) is 20.8 Å². The van der Waals surface area contributed by atoms with Gasteiger partial charge in [0.15, 0.2) is 0 Å². The molecule has 0 aliphatic heterocycles. The molecule has 72 valence electrons. The van der Waals surface area contributed by atoms with Crippen molar-refractivity contribution < 1.29 is 9.90 Å². The van der Waals surface area contributed by atoms with Crippen LogP contribution in [0.1, 0.15) is 33.6 Å². The van der Waals surface area contributed by atoms with Gasteiger partial charge >= 0.3 is 5.97 Å². The molecule has 0 unspecified atom stereocenters. The van der Waals surface area contributed by atoms with Gasteiger partial charge in [0.25, 0.3) is 0 Å². The second-order valence-corrected chi connectivity index (χ2v) is 5.29. The SMILES string of the molecule is CC(C)(C)CCSCCC(=O)O. The molecule has 0 fully saturated rings. The Kier molecular flexibility index (Phi) is 5.38. The molecule has 0 atom stereocenters. The Labute approximate surface area is 78.7 Å². The summed E-state index contributed by atoms with van der Waals surface area (Å²) in [5.41, 5.74) is 0.371. The molecule has 2 nitrogen and oxygen atoms in total. The number of hydrogen-bond donors (Lipinski definition) is 1. The van der Waals surface area contributed by atoms with Crippen molar-refractivity contribution in [1.29, 1.82) is 0 Å². The van der Waals surface area contributed by atoms with Gasteiger partial charge in [0.1, 0.15) is 0 Å². The fourth-order valence-corrected chi connectivity index (χ4v) is 1.92. The van der Waals surface area contributed by atoms with E-state index in [1.807, 2.05) is 0 Å². The zero-order valence-electron chi connectivity index (χ0n) is 8.09. The van der Waals surface area contributed by atoms with Crippen LogP contribution in [0.25, 0.3) is 0 Å². The highest BCUT2D eigenvalue weighted by atomic mass is 32.2. The molecule has 0 aliphatic rings. The van der Waals surface area contributed by atoms with E-state index in [9.17, 15) is 4.79 Å². The molecule has 0 aromatic rings. The van der Waals surface area contributed by atoms with Gasteiger partial charge in [0.2, 0.25) is 0 Å². The maximum atomic E-state index is 10.1. The number of aliphatic carboxylic acids is 1. The van der Waals surface area contributed by atoms with Crippen LogP contribution in [0.15, 0.2) is 0 Å². The summed E-state index contributed by atoms with van der Waals surface area (Å²) in [6.45, 7) is 6.60. The summed E-state index contributed by atoms with van der Waals surface area (Å²) < 4.78 is 0. The Balaban J connectivity index is 3.17. The summed E-state index contributed by atoms with van der Waals surface area (Å²) >= 11 is 1.73. The number of carboxylic acid groups (broad SMARTS) is 1. The maximum Gasteiger partial charge on any atom is 0.304 e. The Morgan fingerprint density at radius 2 is 1.92 bits per heavy atom. The number of thioether (sulfide) groups is 1. The lowest BCUT2D eigenvalue weighted by molar-refractivity contribution is -0.136. The summed E-state index contributed by atoms with van der Waals surface area (Å²) in [6.07, 6.45) is 1.44. The molecule has 0 spiro atoms. The minimum atomic E-state index is -0.696. The Morgan fingerprint density at radius 1 is 1.33 bits per heavy atom. The lowest BCUT2D eigenvalue weighted by Crippen LogP contribution is -2.06. The van der Waals surface area contributed by atoms with Crippen molar-refractivity contribution in [1.82, 2.24) is 0 Å². The summed E-state index contributed by atoms with van der Waals surface area (Å²) in [6, 6.07) is 0. The van der Waals surface area contributed by atoms with Crippen LogP contribution in [-0.4, -0.2) is 22.6 Å². The minimum Gasteiger partial charge on any atom is -0.481 e. The van der Waals surface area contributed by atoms with Gasteiger partial charge in [-0.15, -0.1) is 0 Å². The summed E-state index contributed by atoms with van der Waals surface area (Å²) in [5, 5.41) is 8.36. The Bertz CT molecular complexity index is 138. The van der Waals surface area contributed by atoms with Crippen molar-refractivity contribution >= 4 is 17.7 Å². The molecule has 0 heterocycles. The predicted molar refractivity (Wildman–Crippen MR) is 53.6 cm³/mol. The fourth-order valence-electron chi connectivity index (χ4n) is 0.640. The number of rotatable bonds is 5. The van der Waals surface area contributed by atoms with Crippen LogP contribution in [0.4, 0.5) is 0 Å². The molecule has 12 heavy (non-hydrogen) atoms. The molecule has 0 amide bonds. The van der Waals surface area contributed by atoms with E-state index in [0.717, 1.165) is 17.9 Å². The van der Waals surface area contributed by atoms with Crippen molar-refractivity contribution in [3.63, 3.8) is 0 Å². The van der Waals surface area contributed by atoms with E-state index < -0.39 is 5.97 Å². The largest absolute Gasteiger partial charge is 0.481 e. The molecule has 0 saturated carbocycles. The lowest BCUT2D eigenvalue weighted by atomic mass is 9.94. The zero-order chi connectivity index (χ0) is 9.61. The molecule has 0 aromatic heterocycles. The third-order valence-electron chi connectivity index (χ3n) is 1.46. The van der Waals surface area contributed by atoms with Crippen LogP contribution in [-0.2, 0) is 4.79 Å². The molecule has 0 saturated heterocycles. The van der Waals surface area contributed by atoms with Gasteiger partial charge in [-0.25, -0.2) is 0 Å². The number of carbonyl (C=O) groups is 1. The van der Waals surface area contributed by atoms with Crippen molar-refractivity contribution in [2.75, 3.05) is 11.5 Å². The highest BCUT2D eigenvalue weighted by Gasteiger charge is 2.09. The molecule has 0 rings (SSSR count). The van der Waals surface area contributed by atoms with Crippen LogP contribution in [0.2, 0.25) is 0 Å². The van der Waals surface area contributed by atoms with Crippen molar-refractivity contribution in [2.45, 2.75) is 33.6 Å². The first kappa shape index (κ1) is 11.8. The van der Waals surface area contributed by atoms with E-state index in [0.29, 0.717) is 5.41 Å². The summed E-state index contributed by atoms with van der Waals surface area (Å²) in [7, 11) is 0. The molecule has 0 aliphatic carbocycles. The van der Waals surface area contributed by atoms with Crippen LogP contribution in [0, 0.1) is 5.41 Å². The van der Waals surface area contributed by atoms with E-state index in [2.05, 4.69) is 20.8 Å². The van der Waals surface area contributed by atoms with Gasteiger partial charge in [-0.3, -0.25) is 4.79 Å². The molecule has 0 bridgehead atoms. The summed E-state index contributed by atoms with van der Waals surface area (Å²) in [5.74, 6) is 1.11. The van der Waals surface area contributed by atoms with Gasteiger partial charge < -0.3 is 5.11 Å². The molecule has 3 heteroatoms. The monoisotopic (exact) mass is 190 g/mol. The fraction of sp³-hybridized carbons (Fsp3) is 0.889. The highest BCUT2D eigenvalue weighted by molar-refractivity contribution is 7.99. The zero-order valence-corrected chi connectivity index (χ0v) is 8.91. The second-order valence-electron chi connectivity index (χ2n) is 4.07. The van der Waals surface area contributed by atoms with Crippen LogP contribution in [0.5, 0.6) is 0 Å². The number of hydrogen-bond acceptors (Lipinski definition) is 2. The van der Waals surface area contributed by atoms with E-state index in [1.54, 1.807) is 11.8 Å². The Morgan fingerprint density at radius 3 is 2.33 bits per heavy atom. The first-order chi connectivity index (χ1) is 5.42. The normalized spacial score (nSPS) is 11.6. The standard InChI is InChI=1S/C9H18O2S/c1-9(2,3)5-7-12-6-4-8(10)11/h4-7H2,1-3H3,(H,10,11). The molecule has 0 aromatic carbocycles. The smallest absolute Gasteiger partial charge is 0.304 e. The first-order valence-corrected chi connectivity index (χ1v) is 5.37. The first-order valence-electron chi connectivity index (χ1n) is 4.21. The molecular formula is C9H18O2S. The highest BCUT2D eigenvalue weighted by Crippen LogP contribution is 2.21. The van der Waals surface area contributed by atoms with Crippen molar-refractivity contribution in [2.24, 2.45) is 5.41 Å². The van der Waals surface area contributed by atoms with E-state index in [-0.39, 0.29) is 6.42 Å². The van der Waals surface area contributed by atoms with Crippen molar-refractivity contribution in [3.05, 3.63) is 0 Å². The van der Waals surface area contributed by atoms with Crippen molar-refractivity contribution in [3.8, 4) is 0 Å². The molecule has 1 N–H and O–H groups in total. The van der Waals surface area contributed by atoms with E-state index in [1.165, 1.54) is 0 Å². The van der Waals surface area contributed by atoms with E-state index in [4.69, 9.17) is 5.11 Å².